The topological polar surface area (TPSA) is 15.7 Å². The molecule has 18 heavy (non-hydrogen) atoms. The minimum absolute atomic E-state index is 0.143. The van der Waals surface area contributed by atoms with Crippen LogP contribution in [0.1, 0.15) is 45.4 Å². The SMILES string of the molecule is CC1(CN2CCCN3CCCCC3C2)CCCO1. The van der Waals surface area contributed by atoms with Crippen molar-refractivity contribution in [3.05, 3.63) is 0 Å². The van der Waals surface area contributed by atoms with Gasteiger partial charge in [-0.25, -0.2) is 0 Å². The molecule has 0 spiro atoms. The van der Waals surface area contributed by atoms with E-state index in [1.165, 1.54) is 64.7 Å². The molecular formula is C15H28N2O. The van der Waals surface area contributed by atoms with Gasteiger partial charge < -0.3 is 4.74 Å². The Balaban J connectivity index is 1.59. The number of hydrogen-bond acceptors (Lipinski definition) is 3. The number of fused-ring (bicyclic) bond motifs is 1. The molecule has 3 aliphatic heterocycles. The fourth-order valence-corrected chi connectivity index (χ4v) is 4.03. The molecule has 0 aromatic carbocycles. The number of ether oxygens (including phenoxy) is 1. The summed E-state index contributed by atoms with van der Waals surface area (Å²) < 4.78 is 5.96. The molecule has 0 amide bonds. The van der Waals surface area contributed by atoms with E-state index < -0.39 is 0 Å². The van der Waals surface area contributed by atoms with Crippen LogP contribution in [0.3, 0.4) is 0 Å². The van der Waals surface area contributed by atoms with Crippen molar-refractivity contribution in [2.75, 3.05) is 39.3 Å². The lowest BCUT2D eigenvalue weighted by Crippen LogP contribution is -2.47. The highest BCUT2D eigenvalue weighted by Crippen LogP contribution is 2.28. The van der Waals surface area contributed by atoms with Crippen molar-refractivity contribution in [2.24, 2.45) is 0 Å². The fraction of sp³-hybridized carbons (Fsp3) is 1.00. The molecule has 104 valence electrons. The van der Waals surface area contributed by atoms with Crippen molar-refractivity contribution >= 4 is 0 Å². The largest absolute Gasteiger partial charge is 0.374 e. The summed E-state index contributed by atoms with van der Waals surface area (Å²) >= 11 is 0. The quantitative estimate of drug-likeness (QED) is 0.748. The number of rotatable bonds is 2. The second-order valence-electron chi connectivity index (χ2n) is 6.68. The standard InChI is InChI=1S/C15H28N2O/c1-15(7-4-11-18-15)13-16-8-5-10-17-9-3-2-6-14(17)12-16/h14H,2-13H2,1H3. The van der Waals surface area contributed by atoms with E-state index in [2.05, 4.69) is 16.7 Å². The number of nitrogens with zero attached hydrogens (tertiary/aromatic N) is 2. The highest BCUT2D eigenvalue weighted by atomic mass is 16.5. The van der Waals surface area contributed by atoms with Gasteiger partial charge >= 0.3 is 0 Å². The van der Waals surface area contributed by atoms with E-state index in [1.807, 2.05) is 0 Å². The summed E-state index contributed by atoms with van der Waals surface area (Å²) in [5.41, 5.74) is 0.143. The summed E-state index contributed by atoms with van der Waals surface area (Å²) in [6.45, 7) is 9.64. The van der Waals surface area contributed by atoms with Gasteiger partial charge in [0.25, 0.3) is 0 Å². The first-order chi connectivity index (χ1) is 8.75. The molecule has 3 rings (SSSR count). The zero-order valence-electron chi connectivity index (χ0n) is 11.9. The molecule has 0 aromatic heterocycles. The Kier molecular flexibility index (Phi) is 3.92. The predicted octanol–water partition coefficient (Wildman–Crippen LogP) is 2.12. The fourth-order valence-electron chi connectivity index (χ4n) is 4.03. The lowest BCUT2D eigenvalue weighted by molar-refractivity contribution is -0.0115. The van der Waals surface area contributed by atoms with Crippen LogP contribution in [0.2, 0.25) is 0 Å². The van der Waals surface area contributed by atoms with Crippen LogP contribution in [-0.4, -0.2) is 60.8 Å². The Morgan fingerprint density at radius 2 is 2.00 bits per heavy atom. The lowest BCUT2D eigenvalue weighted by Gasteiger charge is -2.37. The van der Waals surface area contributed by atoms with Gasteiger partial charge in [0.1, 0.15) is 0 Å². The predicted molar refractivity (Wildman–Crippen MR) is 73.9 cm³/mol. The van der Waals surface area contributed by atoms with Crippen molar-refractivity contribution in [2.45, 2.75) is 57.1 Å². The normalized spacial score (nSPS) is 39.5. The third-order valence-corrected chi connectivity index (χ3v) is 5.00. The molecule has 0 saturated carbocycles. The van der Waals surface area contributed by atoms with Crippen molar-refractivity contribution in [3.63, 3.8) is 0 Å². The van der Waals surface area contributed by atoms with E-state index in [0.717, 1.165) is 19.2 Å². The van der Waals surface area contributed by atoms with Crippen LogP contribution in [0.15, 0.2) is 0 Å². The Morgan fingerprint density at radius 1 is 1.11 bits per heavy atom. The highest BCUT2D eigenvalue weighted by Gasteiger charge is 2.34. The maximum atomic E-state index is 5.96. The molecule has 2 atom stereocenters. The molecule has 3 heterocycles. The van der Waals surface area contributed by atoms with Gasteiger partial charge in [-0.3, -0.25) is 9.80 Å². The Hall–Kier alpha value is -0.120. The highest BCUT2D eigenvalue weighted by molar-refractivity contribution is 4.88. The van der Waals surface area contributed by atoms with E-state index in [1.54, 1.807) is 0 Å². The van der Waals surface area contributed by atoms with Gasteiger partial charge in [0, 0.05) is 25.7 Å². The smallest absolute Gasteiger partial charge is 0.0781 e. The molecule has 0 N–H and O–H groups in total. The molecule has 0 bridgehead atoms. The minimum atomic E-state index is 0.143. The van der Waals surface area contributed by atoms with Gasteiger partial charge in [0.2, 0.25) is 0 Å². The Morgan fingerprint density at radius 3 is 2.83 bits per heavy atom. The van der Waals surface area contributed by atoms with Crippen molar-refractivity contribution < 1.29 is 4.74 Å². The van der Waals surface area contributed by atoms with E-state index in [0.29, 0.717) is 0 Å². The molecule has 0 radical (unpaired) electrons. The summed E-state index contributed by atoms with van der Waals surface area (Å²) in [6.07, 6.45) is 8.10. The van der Waals surface area contributed by atoms with Crippen LogP contribution in [0.4, 0.5) is 0 Å². The van der Waals surface area contributed by atoms with Gasteiger partial charge in [0.15, 0.2) is 0 Å². The summed E-state index contributed by atoms with van der Waals surface area (Å²) in [5.74, 6) is 0. The van der Waals surface area contributed by atoms with Crippen molar-refractivity contribution in [1.29, 1.82) is 0 Å². The van der Waals surface area contributed by atoms with Gasteiger partial charge in [-0.1, -0.05) is 6.42 Å². The maximum absolute atomic E-state index is 5.96. The van der Waals surface area contributed by atoms with Gasteiger partial charge in [-0.05, 0) is 58.7 Å². The van der Waals surface area contributed by atoms with Crippen LogP contribution in [-0.2, 0) is 4.74 Å². The van der Waals surface area contributed by atoms with Crippen LogP contribution in [0, 0.1) is 0 Å². The average molecular weight is 252 g/mol. The summed E-state index contributed by atoms with van der Waals surface area (Å²) in [4.78, 5) is 5.42. The first-order valence-electron chi connectivity index (χ1n) is 7.86. The molecule has 0 aliphatic carbocycles. The van der Waals surface area contributed by atoms with Crippen LogP contribution in [0.25, 0.3) is 0 Å². The second-order valence-corrected chi connectivity index (χ2v) is 6.68. The van der Waals surface area contributed by atoms with Crippen LogP contribution >= 0.6 is 0 Å². The Bertz CT molecular complexity index is 276. The van der Waals surface area contributed by atoms with Gasteiger partial charge in [0.05, 0.1) is 5.60 Å². The van der Waals surface area contributed by atoms with Gasteiger partial charge in [-0.2, -0.15) is 0 Å². The Labute approximate surface area is 111 Å². The van der Waals surface area contributed by atoms with Crippen LogP contribution < -0.4 is 0 Å². The van der Waals surface area contributed by atoms with E-state index in [9.17, 15) is 0 Å². The molecule has 3 saturated heterocycles. The molecular weight excluding hydrogens is 224 g/mol. The first-order valence-corrected chi connectivity index (χ1v) is 7.86. The van der Waals surface area contributed by atoms with E-state index >= 15 is 0 Å². The van der Waals surface area contributed by atoms with Crippen molar-refractivity contribution in [1.82, 2.24) is 9.80 Å². The molecule has 3 aliphatic rings. The molecule has 3 nitrogen and oxygen atoms in total. The zero-order chi connectivity index (χ0) is 12.4. The van der Waals surface area contributed by atoms with E-state index in [4.69, 9.17) is 4.74 Å². The molecule has 2 unspecified atom stereocenters. The second kappa shape index (κ2) is 5.48. The maximum Gasteiger partial charge on any atom is 0.0781 e. The summed E-state index contributed by atoms with van der Waals surface area (Å²) in [6, 6.07) is 0.825. The van der Waals surface area contributed by atoms with Crippen molar-refractivity contribution in [3.8, 4) is 0 Å². The summed E-state index contributed by atoms with van der Waals surface area (Å²) in [7, 11) is 0. The summed E-state index contributed by atoms with van der Waals surface area (Å²) in [5, 5.41) is 0. The van der Waals surface area contributed by atoms with Gasteiger partial charge in [-0.15, -0.1) is 0 Å². The van der Waals surface area contributed by atoms with Crippen LogP contribution in [0.5, 0.6) is 0 Å². The lowest BCUT2D eigenvalue weighted by atomic mass is 10.00. The first kappa shape index (κ1) is 12.9. The average Bonchev–Trinajstić information content (AvgIpc) is 2.68. The van der Waals surface area contributed by atoms with E-state index in [-0.39, 0.29) is 5.60 Å². The minimum Gasteiger partial charge on any atom is -0.374 e. The number of piperidine rings is 1. The third kappa shape index (κ3) is 2.89. The monoisotopic (exact) mass is 252 g/mol. The number of hydrogen-bond donors (Lipinski definition) is 0. The third-order valence-electron chi connectivity index (χ3n) is 5.00. The zero-order valence-corrected chi connectivity index (χ0v) is 11.9. The molecule has 3 heteroatoms. The molecule has 0 aromatic rings. The molecule has 3 fully saturated rings.